The second kappa shape index (κ2) is 18.5. The first-order chi connectivity index (χ1) is 22.8. The summed E-state index contributed by atoms with van der Waals surface area (Å²) in [6, 6.07) is 4.28. The number of ether oxygens (including phenoxy) is 1. The lowest BCUT2D eigenvalue weighted by Crippen LogP contribution is -2.38. The molecule has 0 amide bonds. The van der Waals surface area contributed by atoms with Gasteiger partial charge in [0.2, 0.25) is 5.69 Å². The van der Waals surface area contributed by atoms with Crippen molar-refractivity contribution >= 4 is 12.2 Å². The van der Waals surface area contributed by atoms with Gasteiger partial charge in [0.05, 0.1) is 12.7 Å². The Labute approximate surface area is 292 Å². The summed E-state index contributed by atoms with van der Waals surface area (Å²) in [7, 11) is 0. The van der Waals surface area contributed by atoms with Crippen LogP contribution in [0.1, 0.15) is 106 Å². The van der Waals surface area contributed by atoms with Crippen LogP contribution in [-0.2, 0) is 11.3 Å². The van der Waals surface area contributed by atoms with E-state index in [1.54, 1.807) is 0 Å². The summed E-state index contributed by atoms with van der Waals surface area (Å²) < 4.78 is 8.13. The zero-order valence-corrected chi connectivity index (χ0v) is 31.4. The van der Waals surface area contributed by atoms with Crippen LogP contribution >= 0.6 is 0 Å². The maximum absolute atomic E-state index is 9.68. The summed E-state index contributed by atoms with van der Waals surface area (Å²) in [4.78, 5) is 0. The van der Waals surface area contributed by atoms with Gasteiger partial charge in [-0.2, -0.15) is 4.57 Å². The zero-order valence-electron chi connectivity index (χ0n) is 31.4. The van der Waals surface area contributed by atoms with Crippen LogP contribution in [-0.4, -0.2) is 31.0 Å². The minimum Gasteiger partial charge on any atom is -0.390 e. The lowest BCUT2D eigenvalue weighted by atomic mass is 9.71. The molecule has 4 nitrogen and oxygen atoms in total. The summed E-state index contributed by atoms with van der Waals surface area (Å²) in [6.07, 6.45) is 32.2. The van der Waals surface area contributed by atoms with Crippen LogP contribution in [0.25, 0.3) is 12.2 Å². The van der Waals surface area contributed by atoms with Gasteiger partial charge in [-0.05, 0) is 105 Å². The number of aliphatic hydroxyl groups is 1. The van der Waals surface area contributed by atoms with E-state index in [-0.39, 0.29) is 23.5 Å². The van der Waals surface area contributed by atoms with E-state index in [4.69, 9.17) is 10.5 Å². The summed E-state index contributed by atoms with van der Waals surface area (Å²) in [6.45, 7) is 22.1. The molecular formula is C44H63N2O2+. The molecule has 0 saturated heterocycles. The Bertz CT molecular complexity index is 1530. The van der Waals surface area contributed by atoms with Crippen molar-refractivity contribution in [2.75, 3.05) is 19.8 Å². The summed E-state index contributed by atoms with van der Waals surface area (Å²) in [5.74, 6) is 0. The fraction of sp³-hybridized carbons (Fsp3) is 0.477. The van der Waals surface area contributed by atoms with Crippen molar-refractivity contribution in [1.29, 1.82) is 0 Å². The van der Waals surface area contributed by atoms with Crippen molar-refractivity contribution in [3.8, 4) is 0 Å². The second-order valence-electron chi connectivity index (χ2n) is 15.0. The number of hydrogen-bond donors (Lipinski definition) is 2. The SMILES string of the molecule is CC(C=CC1=C(C)CCCC1(C)C)=CC=Cc1cc[n+](CCO)c(C=C(C)C=CC=C(C)C=CC2=C(C)C(OCCN)CCC2(C)C)c1. The Balaban J connectivity index is 1.73. The molecule has 0 fully saturated rings. The molecule has 4 heteroatoms. The Morgan fingerprint density at radius 1 is 0.917 bits per heavy atom. The number of rotatable bonds is 14. The average molecular weight is 652 g/mol. The van der Waals surface area contributed by atoms with Crippen LogP contribution in [0.2, 0.25) is 0 Å². The number of aliphatic hydroxyl groups excluding tert-OH is 1. The molecule has 1 aromatic rings. The molecule has 2 aliphatic carbocycles. The minimum atomic E-state index is 0.0947. The molecule has 1 aromatic heterocycles. The number of nitrogens with two attached hydrogens (primary N) is 1. The van der Waals surface area contributed by atoms with Crippen molar-refractivity contribution in [1.82, 2.24) is 0 Å². The highest BCUT2D eigenvalue weighted by Crippen LogP contribution is 2.42. The summed E-state index contributed by atoms with van der Waals surface area (Å²) >= 11 is 0. The smallest absolute Gasteiger partial charge is 0.206 e. The van der Waals surface area contributed by atoms with E-state index in [1.165, 1.54) is 52.7 Å². The van der Waals surface area contributed by atoms with Crippen LogP contribution in [0.5, 0.6) is 0 Å². The van der Waals surface area contributed by atoms with Crippen LogP contribution < -0.4 is 10.3 Å². The molecule has 3 N–H and O–H groups in total. The molecule has 1 unspecified atom stereocenters. The fourth-order valence-electron chi connectivity index (χ4n) is 6.92. The first-order valence-electron chi connectivity index (χ1n) is 17.9. The predicted molar refractivity (Wildman–Crippen MR) is 206 cm³/mol. The lowest BCUT2D eigenvalue weighted by molar-refractivity contribution is -0.699. The first-order valence-corrected chi connectivity index (χ1v) is 17.9. The fourth-order valence-corrected chi connectivity index (χ4v) is 6.92. The van der Waals surface area contributed by atoms with Crippen molar-refractivity contribution in [2.45, 2.75) is 107 Å². The lowest BCUT2D eigenvalue weighted by Gasteiger charge is -2.37. The third kappa shape index (κ3) is 11.7. The van der Waals surface area contributed by atoms with Gasteiger partial charge in [0, 0.05) is 24.8 Å². The molecule has 0 saturated carbocycles. The highest BCUT2D eigenvalue weighted by Gasteiger charge is 2.32. The maximum Gasteiger partial charge on any atom is 0.206 e. The molecule has 0 aliphatic heterocycles. The van der Waals surface area contributed by atoms with Crippen LogP contribution in [0, 0.1) is 10.8 Å². The van der Waals surface area contributed by atoms with Crippen LogP contribution in [0.4, 0.5) is 0 Å². The molecule has 48 heavy (non-hydrogen) atoms. The third-order valence-electron chi connectivity index (χ3n) is 9.85. The van der Waals surface area contributed by atoms with E-state index < -0.39 is 0 Å². The topological polar surface area (TPSA) is 59.4 Å². The third-order valence-corrected chi connectivity index (χ3v) is 9.85. The van der Waals surface area contributed by atoms with E-state index in [1.807, 2.05) is 0 Å². The molecule has 0 radical (unpaired) electrons. The standard InChI is InChI=1S/C44H63N2O2/c1-33(19-21-41-37(5)42(48-30-26-45)22-25-44(41,8)9)13-10-15-35(3)31-39-32-38(23-27-46(39)28-29-47)17-11-14-34(2)18-20-40-36(4)16-12-24-43(40,6)7/h10-11,13-15,17-21,23,27,31-32,42,47H,12,16,22,24-26,28-30,45H2,1-9H3/q+1. The Morgan fingerprint density at radius 2 is 1.58 bits per heavy atom. The minimum absolute atomic E-state index is 0.0947. The van der Waals surface area contributed by atoms with E-state index in [9.17, 15) is 5.11 Å². The monoisotopic (exact) mass is 651 g/mol. The van der Waals surface area contributed by atoms with Gasteiger partial charge in [-0.15, -0.1) is 0 Å². The molecule has 2 aliphatic rings. The van der Waals surface area contributed by atoms with E-state index >= 15 is 0 Å². The van der Waals surface area contributed by atoms with Crippen molar-refractivity contribution < 1.29 is 14.4 Å². The molecule has 0 bridgehead atoms. The number of allylic oxidation sites excluding steroid dienone is 15. The Hall–Kier alpha value is -3.31. The molecule has 1 heterocycles. The number of pyridine rings is 1. The molecular weight excluding hydrogens is 588 g/mol. The van der Waals surface area contributed by atoms with Gasteiger partial charge >= 0.3 is 0 Å². The summed E-state index contributed by atoms with van der Waals surface area (Å²) in [5, 5.41) is 9.68. The van der Waals surface area contributed by atoms with Gasteiger partial charge < -0.3 is 15.6 Å². The predicted octanol–water partition coefficient (Wildman–Crippen LogP) is 9.95. The van der Waals surface area contributed by atoms with Crippen molar-refractivity contribution in [2.24, 2.45) is 16.6 Å². The highest BCUT2D eigenvalue weighted by atomic mass is 16.5. The quantitative estimate of drug-likeness (QED) is 0.156. The summed E-state index contributed by atoms with van der Waals surface area (Å²) in [5.41, 5.74) is 17.5. The number of nitrogens with zero attached hydrogens (tertiary/aromatic N) is 1. The van der Waals surface area contributed by atoms with E-state index in [0.29, 0.717) is 19.7 Å². The van der Waals surface area contributed by atoms with Gasteiger partial charge in [-0.3, -0.25) is 0 Å². The normalized spacial score (nSPS) is 21.2. The van der Waals surface area contributed by atoms with Gasteiger partial charge in [-0.1, -0.05) is 105 Å². The Morgan fingerprint density at radius 3 is 2.25 bits per heavy atom. The van der Waals surface area contributed by atoms with Crippen molar-refractivity contribution in [3.05, 3.63) is 123 Å². The zero-order chi connectivity index (χ0) is 35.3. The second-order valence-corrected chi connectivity index (χ2v) is 15.0. The number of aromatic nitrogens is 1. The largest absolute Gasteiger partial charge is 0.390 e. The molecule has 260 valence electrons. The van der Waals surface area contributed by atoms with Gasteiger partial charge in [0.15, 0.2) is 12.7 Å². The van der Waals surface area contributed by atoms with Gasteiger partial charge in [0.1, 0.15) is 6.61 Å². The van der Waals surface area contributed by atoms with Crippen LogP contribution in [0.15, 0.2) is 112 Å². The Kier molecular flexibility index (Phi) is 15.0. The van der Waals surface area contributed by atoms with Crippen molar-refractivity contribution in [3.63, 3.8) is 0 Å². The number of hydrogen-bond acceptors (Lipinski definition) is 3. The van der Waals surface area contributed by atoms with Crippen LogP contribution in [0.3, 0.4) is 0 Å². The maximum atomic E-state index is 9.68. The highest BCUT2D eigenvalue weighted by molar-refractivity contribution is 5.57. The molecule has 0 spiro atoms. The first kappa shape index (κ1) is 39.1. The van der Waals surface area contributed by atoms with Gasteiger partial charge in [-0.25, -0.2) is 0 Å². The van der Waals surface area contributed by atoms with E-state index in [0.717, 1.165) is 29.7 Å². The van der Waals surface area contributed by atoms with Gasteiger partial charge in [0.25, 0.3) is 0 Å². The molecule has 0 aromatic carbocycles. The van der Waals surface area contributed by atoms with E-state index in [2.05, 4.69) is 152 Å². The molecule has 3 rings (SSSR count). The molecule has 1 atom stereocenters. The average Bonchev–Trinajstić information content (AvgIpc) is 3.01.